The molecule has 0 aromatic heterocycles. The van der Waals surface area contributed by atoms with Crippen LogP contribution in [0.5, 0.6) is 0 Å². The summed E-state index contributed by atoms with van der Waals surface area (Å²) in [5.74, 6) is -0.0570. The number of hydrogen-bond acceptors (Lipinski definition) is 7. The number of ketones is 1. The van der Waals surface area contributed by atoms with Crippen LogP contribution < -0.4 is 5.32 Å². The number of aliphatic hydroxyl groups excluding tert-OH is 2. The largest absolute Gasteiger partial charge is 0.388 e. The maximum atomic E-state index is 11.5. The highest BCUT2D eigenvalue weighted by molar-refractivity contribution is 5.82. The van der Waals surface area contributed by atoms with Crippen molar-refractivity contribution in [1.29, 1.82) is 0 Å². The van der Waals surface area contributed by atoms with Crippen LogP contribution in [0.2, 0.25) is 0 Å². The van der Waals surface area contributed by atoms with Crippen molar-refractivity contribution in [3.63, 3.8) is 0 Å². The zero-order valence-corrected chi connectivity index (χ0v) is 12.6. The molecule has 20 heavy (non-hydrogen) atoms. The van der Waals surface area contributed by atoms with E-state index >= 15 is 0 Å². The standard InChI is InChI=1S/C13H25NO6/c1-6(15)9(14-4)7(2)19-13-12(18-5)11(17)10(16)8(3)20-13/h7-14,16-17H,1-5H3/t7?,8?,9?,10-,11?,12?,13?/m1/s1. The Labute approximate surface area is 119 Å². The van der Waals surface area contributed by atoms with E-state index in [1.54, 1.807) is 20.9 Å². The van der Waals surface area contributed by atoms with Crippen LogP contribution in [0.3, 0.4) is 0 Å². The van der Waals surface area contributed by atoms with Crippen LogP contribution in [-0.4, -0.2) is 73.0 Å². The number of carbonyl (C=O) groups excluding carboxylic acids is 1. The minimum atomic E-state index is -1.11. The van der Waals surface area contributed by atoms with Crippen molar-refractivity contribution >= 4 is 5.78 Å². The molecule has 0 radical (unpaired) electrons. The second kappa shape index (κ2) is 7.44. The van der Waals surface area contributed by atoms with Gasteiger partial charge in [-0.2, -0.15) is 0 Å². The van der Waals surface area contributed by atoms with Crippen LogP contribution in [0.1, 0.15) is 20.8 Å². The summed E-state index contributed by atoms with van der Waals surface area (Å²) in [5, 5.41) is 22.6. The molecule has 0 aromatic rings. The van der Waals surface area contributed by atoms with Crippen LogP contribution in [-0.2, 0) is 19.0 Å². The van der Waals surface area contributed by atoms with E-state index in [2.05, 4.69) is 5.32 Å². The first-order chi connectivity index (χ1) is 9.33. The highest BCUT2D eigenvalue weighted by Crippen LogP contribution is 2.25. The van der Waals surface area contributed by atoms with Gasteiger partial charge >= 0.3 is 0 Å². The van der Waals surface area contributed by atoms with Crippen LogP contribution in [0.15, 0.2) is 0 Å². The fraction of sp³-hybridized carbons (Fsp3) is 0.923. The van der Waals surface area contributed by atoms with E-state index in [0.29, 0.717) is 0 Å². The average molecular weight is 291 g/mol. The highest BCUT2D eigenvalue weighted by atomic mass is 16.7. The van der Waals surface area contributed by atoms with Gasteiger partial charge in [-0.3, -0.25) is 4.79 Å². The average Bonchev–Trinajstić information content (AvgIpc) is 2.37. The Balaban J connectivity index is 2.76. The predicted octanol–water partition coefficient (Wildman–Crippen LogP) is -0.950. The van der Waals surface area contributed by atoms with Crippen molar-refractivity contribution in [2.24, 2.45) is 0 Å². The van der Waals surface area contributed by atoms with Crippen LogP contribution >= 0.6 is 0 Å². The van der Waals surface area contributed by atoms with Crippen molar-refractivity contribution in [3.8, 4) is 0 Å². The van der Waals surface area contributed by atoms with Crippen molar-refractivity contribution in [2.45, 2.75) is 63.6 Å². The van der Waals surface area contributed by atoms with Crippen LogP contribution in [0, 0.1) is 0 Å². The Bertz CT molecular complexity index is 326. The third kappa shape index (κ3) is 3.75. The number of aliphatic hydroxyl groups is 2. The molecule has 6 unspecified atom stereocenters. The summed E-state index contributed by atoms with van der Waals surface area (Å²) in [5.41, 5.74) is 0. The molecule has 1 rings (SSSR count). The maximum absolute atomic E-state index is 11.5. The minimum absolute atomic E-state index is 0.0570. The molecule has 1 aliphatic rings. The second-order valence-electron chi connectivity index (χ2n) is 5.11. The quantitative estimate of drug-likeness (QED) is 0.580. The summed E-state index contributed by atoms with van der Waals surface area (Å²) in [6.07, 6.45) is -4.85. The highest BCUT2D eigenvalue weighted by Gasteiger charge is 2.44. The fourth-order valence-corrected chi connectivity index (χ4v) is 2.42. The van der Waals surface area contributed by atoms with Crippen molar-refractivity contribution in [2.75, 3.05) is 14.2 Å². The molecule has 118 valence electrons. The lowest BCUT2D eigenvalue weighted by atomic mass is 9.99. The van der Waals surface area contributed by atoms with Crippen LogP contribution in [0.4, 0.5) is 0 Å². The molecular formula is C13H25NO6. The van der Waals surface area contributed by atoms with E-state index in [0.717, 1.165) is 0 Å². The first-order valence-electron chi connectivity index (χ1n) is 6.71. The Hall–Kier alpha value is -0.570. The molecule has 0 bridgehead atoms. The lowest BCUT2D eigenvalue weighted by molar-refractivity contribution is -0.308. The second-order valence-corrected chi connectivity index (χ2v) is 5.11. The number of ether oxygens (including phenoxy) is 3. The van der Waals surface area contributed by atoms with Gasteiger partial charge in [0, 0.05) is 7.11 Å². The van der Waals surface area contributed by atoms with Gasteiger partial charge in [0.15, 0.2) is 6.29 Å². The summed E-state index contributed by atoms with van der Waals surface area (Å²) < 4.78 is 16.4. The summed E-state index contributed by atoms with van der Waals surface area (Å²) in [6, 6.07) is -0.476. The van der Waals surface area contributed by atoms with E-state index in [1.807, 2.05) is 0 Å². The number of hydrogen-bond donors (Lipinski definition) is 3. The van der Waals surface area contributed by atoms with Gasteiger partial charge < -0.3 is 29.7 Å². The van der Waals surface area contributed by atoms with E-state index < -0.39 is 42.9 Å². The van der Waals surface area contributed by atoms with Gasteiger partial charge in [-0.25, -0.2) is 0 Å². The summed E-state index contributed by atoms with van der Waals surface area (Å²) in [6.45, 7) is 4.85. The van der Waals surface area contributed by atoms with Crippen LogP contribution in [0.25, 0.3) is 0 Å². The number of likely N-dealkylation sites (N-methyl/N-ethyl adjacent to an activating group) is 1. The van der Waals surface area contributed by atoms with Crippen molar-refractivity contribution < 1.29 is 29.2 Å². The number of rotatable bonds is 6. The molecule has 0 spiro atoms. The Morgan fingerprint density at radius 1 is 1.35 bits per heavy atom. The van der Waals surface area contributed by atoms with E-state index in [-0.39, 0.29) is 5.78 Å². The smallest absolute Gasteiger partial charge is 0.187 e. The molecule has 7 atom stereocenters. The minimum Gasteiger partial charge on any atom is -0.388 e. The molecule has 1 aliphatic heterocycles. The van der Waals surface area contributed by atoms with E-state index in [9.17, 15) is 15.0 Å². The molecule has 7 heteroatoms. The molecule has 1 saturated heterocycles. The molecule has 1 heterocycles. The number of nitrogens with one attached hydrogen (secondary N) is 1. The van der Waals surface area contributed by atoms with Gasteiger partial charge in [0.25, 0.3) is 0 Å². The lowest BCUT2D eigenvalue weighted by Crippen LogP contribution is -2.59. The molecule has 0 saturated carbocycles. The number of methoxy groups -OCH3 is 1. The van der Waals surface area contributed by atoms with Crippen molar-refractivity contribution in [1.82, 2.24) is 5.32 Å². The molecule has 0 aliphatic carbocycles. The van der Waals surface area contributed by atoms with Gasteiger partial charge in [-0.05, 0) is 27.8 Å². The Morgan fingerprint density at radius 3 is 2.40 bits per heavy atom. The SMILES string of the molecule is CNC(C(C)=O)C(C)OC1OC(C)[C@@H](O)C(O)C1OC. The maximum Gasteiger partial charge on any atom is 0.187 e. The predicted molar refractivity (Wildman–Crippen MR) is 71.2 cm³/mol. The normalized spacial score (nSPS) is 37.5. The zero-order chi connectivity index (χ0) is 15.4. The monoisotopic (exact) mass is 291 g/mol. The van der Waals surface area contributed by atoms with E-state index in [1.165, 1.54) is 14.0 Å². The number of carbonyl (C=O) groups is 1. The number of Topliss-reactive ketones (excluding diaryl/α,β-unsaturated/α-hetero) is 1. The molecule has 1 fully saturated rings. The Morgan fingerprint density at radius 2 is 1.95 bits per heavy atom. The third-order valence-electron chi connectivity index (χ3n) is 3.62. The van der Waals surface area contributed by atoms with Gasteiger partial charge in [0.05, 0.1) is 18.2 Å². The zero-order valence-electron chi connectivity index (χ0n) is 12.6. The molecule has 7 nitrogen and oxygen atoms in total. The topological polar surface area (TPSA) is 97.3 Å². The van der Waals surface area contributed by atoms with Gasteiger partial charge in [0.1, 0.15) is 24.1 Å². The van der Waals surface area contributed by atoms with E-state index in [4.69, 9.17) is 14.2 Å². The molecule has 0 amide bonds. The van der Waals surface area contributed by atoms with Crippen molar-refractivity contribution in [3.05, 3.63) is 0 Å². The first-order valence-corrected chi connectivity index (χ1v) is 6.71. The molecule has 3 N–H and O–H groups in total. The lowest BCUT2D eigenvalue weighted by Gasteiger charge is -2.42. The molecular weight excluding hydrogens is 266 g/mol. The molecule has 0 aromatic carbocycles. The van der Waals surface area contributed by atoms with Gasteiger partial charge in [-0.15, -0.1) is 0 Å². The van der Waals surface area contributed by atoms with Gasteiger partial charge in [0.2, 0.25) is 0 Å². The third-order valence-corrected chi connectivity index (χ3v) is 3.62. The van der Waals surface area contributed by atoms with Gasteiger partial charge in [-0.1, -0.05) is 0 Å². The summed E-state index contributed by atoms with van der Waals surface area (Å²) >= 11 is 0. The Kier molecular flexibility index (Phi) is 6.50. The summed E-state index contributed by atoms with van der Waals surface area (Å²) in [7, 11) is 3.07. The summed E-state index contributed by atoms with van der Waals surface area (Å²) in [4.78, 5) is 11.5. The fourth-order valence-electron chi connectivity index (χ4n) is 2.42. The first kappa shape index (κ1) is 17.5.